The number of sulfonamides is 1. The molecule has 2 rings (SSSR count). The lowest BCUT2D eigenvalue weighted by molar-refractivity contribution is 0.0693. The van der Waals surface area contributed by atoms with Crippen LogP contribution in [-0.2, 0) is 16.6 Å². The van der Waals surface area contributed by atoms with Crippen LogP contribution in [0.3, 0.4) is 0 Å². The summed E-state index contributed by atoms with van der Waals surface area (Å²) in [5.74, 6) is -1.86. The summed E-state index contributed by atoms with van der Waals surface area (Å²) in [5.41, 5.74) is 0.361. The third kappa shape index (κ3) is 3.26. The van der Waals surface area contributed by atoms with Gasteiger partial charge in [0, 0.05) is 13.6 Å². The summed E-state index contributed by atoms with van der Waals surface area (Å²) < 4.78 is 26.1. The first kappa shape index (κ1) is 16.0. The summed E-state index contributed by atoms with van der Waals surface area (Å²) >= 11 is 0. The minimum atomic E-state index is -3.85. The number of carboxylic acids is 1. The zero-order valence-electron chi connectivity index (χ0n) is 11.8. The van der Waals surface area contributed by atoms with Crippen LogP contribution in [0, 0.1) is 0 Å². The highest BCUT2D eigenvalue weighted by atomic mass is 32.2. The van der Waals surface area contributed by atoms with Gasteiger partial charge in [-0.3, -0.25) is 0 Å². The summed E-state index contributed by atoms with van der Waals surface area (Å²) in [4.78, 5) is 10.8. The fourth-order valence-electron chi connectivity index (χ4n) is 1.95. The summed E-state index contributed by atoms with van der Waals surface area (Å²) in [5, 5.41) is 18.4. The molecular weight excluding hydrogens is 306 g/mol. The molecule has 2 N–H and O–H groups in total. The molecule has 6 nitrogen and oxygen atoms in total. The monoisotopic (exact) mass is 321 g/mol. The van der Waals surface area contributed by atoms with Gasteiger partial charge in [0.25, 0.3) is 0 Å². The van der Waals surface area contributed by atoms with Gasteiger partial charge in [0.05, 0.1) is 4.90 Å². The van der Waals surface area contributed by atoms with Gasteiger partial charge >= 0.3 is 5.97 Å². The van der Waals surface area contributed by atoms with Gasteiger partial charge in [0.1, 0.15) is 11.3 Å². The van der Waals surface area contributed by atoms with Crippen LogP contribution in [-0.4, -0.2) is 36.0 Å². The highest BCUT2D eigenvalue weighted by molar-refractivity contribution is 7.89. The van der Waals surface area contributed by atoms with E-state index in [9.17, 15) is 18.3 Å². The van der Waals surface area contributed by atoms with Crippen LogP contribution in [0.25, 0.3) is 0 Å². The zero-order chi connectivity index (χ0) is 16.3. The van der Waals surface area contributed by atoms with Gasteiger partial charge in [-0.25, -0.2) is 13.2 Å². The van der Waals surface area contributed by atoms with Gasteiger partial charge in [-0.05, 0) is 23.8 Å². The number of benzene rings is 2. The molecule has 0 heterocycles. The maximum Gasteiger partial charge on any atom is 0.339 e. The Balaban J connectivity index is 2.34. The van der Waals surface area contributed by atoms with Crippen LogP contribution >= 0.6 is 0 Å². The quantitative estimate of drug-likeness (QED) is 0.877. The molecule has 0 amide bonds. The first-order valence-corrected chi connectivity index (χ1v) is 7.83. The Morgan fingerprint density at radius 2 is 1.77 bits per heavy atom. The molecule has 0 aliphatic rings. The van der Waals surface area contributed by atoms with E-state index in [0.29, 0.717) is 0 Å². The van der Waals surface area contributed by atoms with Crippen molar-refractivity contribution in [1.29, 1.82) is 0 Å². The normalized spacial score (nSPS) is 11.5. The van der Waals surface area contributed by atoms with Gasteiger partial charge in [-0.2, -0.15) is 4.31 Å². The van der Waals surface area contributed by atoms with E-state index in [1.54, 1.807) is 24.3 Å². The van der Waals surface area contributed by atoms with Crippen molar-refractivity contribution >= 4 is 16.0 Å². The number of nitrogens with zero attached hydrogens (tertiary/aromatic N) is 1. The highest BCUT2D eigenvalue weighted by Gasteiger charge is 2.23. The van der Waals surface area contributed by atoms with Crippen molar-refractivity contribution in [1.82, 2.24) is 4.31 Å². The molecule has 0 spiro atoms. The van der Waals surface area contributed by atoms with Crippen molar-refractivity contribution in [3.63, 3.8) is 0 Å². The summed E-state index contributed by atoms with van der Waals surface area (Å²) in [6, 6.07) is 12.2. The van der Waals surface area contributed by atoms with Crippen LogP contribution in [0.1, 0.15) is 15.9 Å². The lowest BCUT2D eigenvalue weighted by Gasteiger charge is -2.17. The molecule has 116 valence electrons. The van der Waals surface area contributed by atoms with Gasteiger partial charge in [0.15, 0.2) is 0 Å². The van der Waals surface area contributed by atoms with Crippen molar-refractivity contribution < 1.29 is 23.4 Å². The van der Waals surface area contributed by atoms with Crippen LogP contribution in [0.5, 0.6) is 5.75 Å². The Morgan fingerprint density at radius 3 is 2.36 bits per heavy atom. The van der Waals surface area contributed by atoms with E-state index >= 15 is 0 Å². The van der Waals surface area contributed by atoms with E-state index in [1.165, 1.54) is 13.1 Å². The molecule has 0 bridgehead atoms. The Kier molecular flexibility index (Phi) is 4.48. The van der Waals surface area contributed by atoms with Crippen molar-refractivity contribution in [3.05, 3.63) is 59.7 Å². The van der Waals surface area contributed by atoms with E-state index in [0.717, 1.165) is 22.0 Å². The fraction of sp³-hybridized carbons (Fsp3) is 0.133. The Bertz CT molecular complexity index is 787. The number of carbonyl (C=O) groups is 1. The molecule has 7 heteroatoms. The molecule has 2 aromatic rings. The Morgan fingerprint density at radius 1 is 1.14 bits per heavy atom. The van der Waals surface area contributed by atoms with Crippen molar-refractivity contribution in [2.75, 3.05) is 7.05 Å². The molecule has 22 heavy (non-hydrogen) atoms. The Hall–Kier alpha value is -2.38. The first-order valence-electron chi connectivity index (χ1n) is 6.39. The molecule has 2 aromatic carbocycles. The molecule has 0 fully saturated rings. The van der Waals surface area contributed by atoms with E-state index in [1.807, 2.05) is 6.07 Å². The van der Waals surface area contributed by atoms with Crippen LogP contribution in [0.2, 0.25) is 0 Å². The molecule has 0 aromatic heterocycles. The predicted octanol–water partition coefficient (Wildman–Crippen LogP) is 1.91. The first-order chi connectivity index (χ1) is 10.3. The van der Waals surface area contributed by atoms with Crippen molar-refractivity contribution in [3.8, 4) is 5.75 Å². The molecule has 0 radical (unpaired) electrons. The summed E-state index contributed by atoms with van der Waals surface area (Å²) in [6.45, 7) is 0.159. The number of aromatic carboxylic acids is 1. The number of rotatable bonds is 5. The topological polar surface area (TPSA) is 94.9 Å². The molecule has 0 saturated heterocycles. The average molecular weight is 321 g/mol. The lowest BCUT2D eigenvalue weighted by Crippen LogP contribution is -2.26. The summed E-state index contributed by atoms with van der Waals surface area (Å²) in [7, 11) is -2.44. The van der Waals surface area contributed by atoms with E-state index < -0.39 is 27.3 Å². The van der Waals surface area contributed by atoms with E-state index in [4.69, 9.17) is 5.11 Å². The minimum absolute atomic E-state index is 0.159. The third-order valence-corrected chi connectivity index (χ3v) is 4.95. The summed E-state index contributed by atoms with van der Waals surface area (Å²) in [6.07, 6.45) is 0. The number of aromatic hydroxyl groups is 1. The number of hydrogen-bond acceptors (Lipinski definition) is 4. The van der Waals surface area contributed by atoms with Gasteiger partial charge in [-0.15, -0.1) is 0 Å². The van der Waals surface area contributed by atoms with Crippen LogP contribution in [0.15, 0.2) is 53.4 Å². The van der Waals surface area contributed by atoms with Gasteiger partial charge in [0.2, 0.25) is 10.0 Å². The maximum atomic E-state index is 12.5. The second-order valence-corrected chi connectivity index (χ2v) is 6.78. The number of carboxylic acid groups (broad SMARTS) is 1. The number of hydrogen-bond donors (Lipinski definition) is 2. The molecule has 0 aliphatic carbocycles. The molecule has 0 saturated carbocycles. The molecule has 0 atom stereocenters. The van der Waals surface area contributed by atoms with Gasteiger partial charge < -0.3 is 10.2 Å². The molecular formula is C15H15NO5S. The number of phenols is 1. The Labute approximate surface area is 128 Å². The van der Waals surface area contributed by atoms with Gasteiger partial charge in [-0.1, -0.05) is 30.3 Å². The van der Waals surface area contributed by atoms with E-state index in [2.05, 4.69) is 0 Å². The third-order valence-electron chi connectivity index (χ3n) is 3.15. The maximum absolute atomic E-state index is 12.5. The second-order valence-electron chi connectivity index (χ2n) is 4.73. The molecule has 0 aliphatic heterocycles. The highest BCUT2D eigenvalue weighted by Crippen LogP contribution is 2.24. The fourth-order valence-corrected chi connectivity index (χ4v) is 3.14. The van der Waals surface area contributed by atoms with Crippen LogP contribution < -0.4 is 0 Å². The smallest absolute Gasteiger partial charge is 0.339 e. The SMILES string of the molecule is CN(Cc1ccccc1)S(=O)(=O)c1ccc(O)c(C(=O)O)c1. The van der Waals surface area contributed by atoms with Crippen molar-refractivity contribution in [2.24, 2.45) is 0 Å². The second kappa shape index (κ2) is 6.17. The standard InChI is InChI=1S/C15H15NO5S/c1-16(10-11-5-3-2-4-6-11)22(20,21)12-7-8-14(17)13(9-12)15(18)19/h2-9,17H,10H2,1H3,(H,18,19). The molecule has 0 unspecified atom stereocenters. The average Bonchev–Trinajstić information content (AvgIpc) is 2.48. The lowest BCUT2D eigenvalue weighted by atomic mass is 10.2. The van der Waals surface area contributed by atoms with Crippen molar-refractivity contribution in [2.45, 2.75) is 11.4 Å². The van der Waals surface area contributed by atoms with Crippen LogP contribution in [0.4, 0.5) is 0 Å². The minimum Gasteiger partial charge on any atom is -0.507 e. The van der Waals surface area contributed by atoms with E-state index in [-0.39, 0.29) is 11.4 Å². The zero-order valence-corrected chi connectivity index (χ0v) is 12.6. The largest absolute Gasteiger partial charge is 0.507 e. The predicted molar refractivity (Wildman–Crippen MR) is 80.2 cm³/mol.